The summed E-state index contributed by atoms with van der Waals surface area (Å²) < 4.78 is 0. The number of quaternary nitrogens is 3. The highest BCUT2D eigenvalue weighted by Crippen LogP contribution is 2.33. The van der Waals surface area contributed by atoms with E-state index in [2.05, 4.69) is 20.4 Å². The molecule has 0 saturated heterocycles. The molecule has 0 saturated carbocycles. The number of hydrogen-bond donors (Lipinski definition) is 8. The quantitative estimate of drug-likeness (QED) is 0.103. The second-order valence-corrected chi connectivity index (χ2v) is 7.48. The van der Waals surface area contributed by atoms with Gasteiger partial charge in [0.1, 0.15) is 5.69 Å². The fourth-order valence-corrected chi connectivity index (χ4v) is 3.52. The van der Waals surface area contributed by atoms with E-state index in [-0.39, 0.29) is 43.8 Å². The summed E-state index contributed by atoms with van der Waals surface area (Å²) in [6, 6.07) is 4.15. The summed E-state index contributed by atoms with van der Waals surface area (Å²) >= 11 is 12.0. The molecule has 0 radical (unpaired) electrons. The van der Waals surface area contributed by atoms with Crippen molar-refractivity contribution in [2.75, 3.05) is 5.32 Å². The molecule has 0 spiro atoms. The van der Waals surface area contributed by atoms with E-state index < -0.39 is 33.3 Å². The zero-order valence-corrected chi connectivity index (χ0v) is 18.2. The highest BCUT2D eigenvalue weighted by Gasteiger charge is 2.33. The van der Waals surface area contributed by atoms with Gasteiger partial charge in [-0.25, -0.2) is 25.8 Å². The highest BCUT2D eigenvalue weighted by molar-refractivity contribution is 6.47. The number of anilines is 1. The number of amides is 1. The molecular formula is C17H16Cl2N8O7. The van der Waals surface area contributed by atoms with E-state index in [0.29, 0.717) is 0 Å². The molecule has 0 aliphatic heterocycles. The van der Waals surface area contributed by atoms with Crippen LogP contribution in [0.1, 0.15) is 11.7 Å². The topological polar surface area (TPSA) is 236 Å². The van der Waals surface area contributed by atoms with Gasteiger partial charge in [-0.2, -0.15) is 15.6 Å². The monoisotopic (exact) mass is 514 g/mol. The second kappa shape index (κ2) is 10.5. The van der Waals surface area contributed by atoms with E-state index in [9.17, 15) is 25.6 Å². The Morgan fingerprint density at radius 1 is 1.03 bits per heavy atom. The Hall–Kier alpha value is -3.06. The van der Waals surface area contributed by atoms with E-state index in [1.165, 1.54) is 18.2 Å². The van der Waals surface area contributed by atoms with Crippen molar-refractivity contribution in [1.29, 1.82) is 0 Å². The fraction of sp³-hybridized carbons (Fsp3) is 0.0588. The molecule has 0 aliphatic rings. The molecule has 34 heavy (non-hydrogen) atoms. The summed E-state index contributed by atoms with van der Waals surface area (Å²) in [5.74, 6) is 4.21. The second-order valence-electron chi connectivity index (χ2n) is 6.66. The lowest BCUT2D eigenvalue weighted by molar-refractivity contribution is -1.06. The predicted octanol–water partition coefficient (Wildman–Crippen LogP) is -1.49. The molecular weight excluding hydrogens is 499 g/mol. The molecule has 17 heteroatoms. The minimum absolute atomic E-state index is 0.0655. The SMILES string of the molecule is N/N=C(/C(=O)Nc1c(Cl)cc([NH+]([O-])O)cc1Cl)C(c1cnc2ccc([NH+]([O-])O)cc2n1)[NH+]([O-])O. The Balaban J connectivity index is 1.98. The van der Waals surface area contributed by atoms with Crippen LogP contribution in [0.2, 0.25) is 10.0 Å². The minimum Gasteiger partial charge on any atom is -0.599 e. The van der Waals surface area contributed by atoms with Gasteiger partial charge in [-0.1, -0.05) is 23.2 Å². The number of carbonyl (C=O) groups is 1. The van der Waals surface area contributed by atoms with Gasteiger partial charge in [-0.05, 0) is 6.07 Å². The third-order valence-electron chi connectivity index (χ3n) is 4.52. The van der Waals surface area contributed by atoms with Crippen LogP contribution in [0.15, 0.2) is 41.6 Å². The van der Waals surface area contributed by atoms with Crippen LogP contribution >= 0.6 is 23.2 Å². The number of aromatic nitrogens is 2. The van der Waals surface area contributed by atoms with Gasteiger partial charge in [0, 0.05) is 24.3 Å². The first-order valence-electron chi connectivity index (χ1n) is 9.07. The van der Waals surface area contributed by atoms with Crippen LogP contribution in [0.5, 0.6) is 0 Å². The van der Waals surface area contributed by atoms with E-state index in [1.54, 1.807) is 0 Å². The third-order valence-corrected chi connectivity index (χ3v) is 5.12. The Morgan fingerprint density at radius 2 is 1.65 bits per heavy atom. The predicted molar refractivity (Wildman–Crippen MR) is 117 cm³/mol. The number of rotatable bonds is 7. The molecule has 4 unspecified atom stereocenters. The molecule has 1 heterocycles. The molecule has 3 aromatic rings. The molecule has 1 amide bonds. The van der Waals surface area contributed by atoms with Crippen LogP contribution in [0.3, 0.4) is 0 Å². The number of hydroxylamine groups is 2. The Bertz CT molecular complexity index is 1230. The average molecular weight is 515 g/mol. The maximum Gasteiger partial charge on any atom is 0.278 e. The lowest BCUT2D eigenvalue weighted by atomic mass is 10.1. The standard InChI is InChI=1S/C17H16Cl2N8O7/c18-9-3-8(26(31)32)4-10(19)14(9)23-17(28)15(24-20)16(27(33)34)13-6-21-11-2-1-7(25(29)30)5-12(11)22-13/h1-6,16,25-27,29,31,33H,20H2,(H,23,28)/b24-15+. The van der Waals surface area contributed by atoms with Crippen LogP contribution < -0.4 is 26.8 Å². The van der Waals surface area contributed by atoms with Gasteiger partial charge in [-0.3, -0.25) is 9.78 Å². The third kappa shape index (κ3) is 5.36. The summed E-state index contributed by atoms with van der Waals surface area (Å²) in [7, 11) is 0. The summed E-state index contributed by atoms with van der Waals surface area (Å²) in [5, 5.41) is 63.4. The Labute approximate surface area is 199 Å². The first-order valence-corrected chi connectivity index (χ1v) is 9.83. The van der Waals surface area contributed by atoms with Gasteiger partial charge in [0.2, 0.25) is 6.04 Å². The molecule has 180 valence electrons. The number of halogens is 2. The van der Waals surface area contributed by atoms with Crippen molar-refractivity contribution in [3.05, 3.63) is 67.9 Å². The maximum absolute atomic E-state index is 12.8. The minimum atomic E-state index is -1.80. The number of hydrogen-bond acceptors (Lipinski definition) is 11. The molecule has 0 fully saturated rings. The first kappa shape index (κ1) is 25.6. The zero-order chi connectivity index (χ0) is 25.2. The number of hydrazone groups is 1. The fourth-order valence-electron chi connectivity index (χ4n) is 2.94. The van der Waals surface area contributed by atoms with Gasteiger partial charge < -0.3 is 26.8 Å². The lowest BCUT2D eigenvalue weighted by Gasteiger charge is -2.24. The molecule has 9 N–H and O–H groups in total. The molecule has 1 aromatic heterocycles. The van der Waals surface area contributed by atoms with Crippen LogP contribution in [-0.4, -0.2) is 37.2 Å². The van der Waals surface area contributed by atoms with Gasteiger partial charge >= 0.3 is 0 Å². The largest absolute Gasteiger partial charge is 0.599 e. The van der Waals surface area contributed by atoms with Crippen molar-refractivity contribution in [3.8, 4) is 0 Å². The highest BCUT2D eigenvalue weighted by atomic mass is 35.5. The van der Waals surface area contributed by atoms with Crippen molar-refractivity contribution in [3.63, 3.8) is 0 Å². The van der Waals surface area contributed by atoms with Crippen LogP contribution in [-0.2, 0) is 4.79 Å². The normalized spacial score (nSPS) is 15.6. The number of nitrogens with two attached hydrogens (primary N) is 1. The van der Waals surface area contributed by atoms with Gasteiger partial charge in [0.25, 0.3) is 5.91 Å². The summed E-state index contributed by atoms with van der Waals surface area (Å²) in [6.07, 6.45) is 1.08. The molecule has 3 rings (SSSR count). The number of nitrogens with one attached hydrogen (secondary N) is 4. The molecule has 4 atom stereocenters. The van der Waals surface area contributed by atoms with Crippen LogP contribution in [0.25, 0.3) is 11.0 Å². The van der Waals surface area contributed by atoms with Gasteiger partial charge in [-0.15, -0.1) is 0 Å². The summed E-state index contributed by atoms with van der Waals surface area (Å²) in [5.41, 5.74) is -1.15. The molecule has 2 aromatic carbocycles. The van der Waals surface area contributed by atoms with Crippen molar-refractivity contribution < 1.29 is 36.1 Å². The number of benzene rings is 2. The zero-order valence-electron chi connectivity index (χ0n) is 16.7. The van der Waals surface area contributed by atoms with E-state index in [0.717, 1.165) is 18.3 Å². The summed E-state index contributed by atoms with van der Waals surface area (Å²) in [4.78, 5) is 21.0. The molecule has 0 aliphatic carbocycles. The molecule has 15 nitrogen and oxygen atoms in total. The number of carbonyl (C=O) groups excluding carboxylic acids is 1. The number of fused-ring (bicyclic) bond motifs is 1. The smallest absolute Gasteiger partial charge is 0.278 e. The molecule has 0 bridgehead atoms. The van der Waals surface area contributed by atoms with Crippen molar-refractivity contribution in [2.45, 2.75) is 6.04 Å². The van der Waals surface area contributed by atoms with Gasteiger partial charge in [0.15, 0.2) is 17.1 Å². The van der Waals surface area contributed by atoms with Gasteiger partial charge in [0.05, 0.1) is 33.0 Å². The lowest BCUT2D eigenvalue weighted by Crippen LogP contribution is -3.06. The van der Waals surface area contributed by atoms with Crippen molar-refractivity contribution in [1.82, 2.24) is 9.97 Å². The van der Waals surface area contributed by atoms with Crippen LogP contribution in [0.4, 0.5) is 17.1 Å². The van der Waals surface area contributed by atoms with Crippen molar-refractivity contribution >= 4 is 62.9 Å². The van der Waals surface area contributed by atoms with Crippen molar-refractivity contribution in [2.24, 2.45) is 10.9 Å². The van der Waals surface area contributed by atoms with E-state index in [4.69, 9.17) is 39.5 Å². The summed E-state index contributed by atoms with van der Waals surface area (Å²) in [6.45, 7) is 0. The maximum atomic E-state index is 12.8. The average Bonchev–Trinajstić information content (AvgIpc) is 2.78. The Morgan fingerprint density at radius 3 is 2.18 bits per heavy atom. The Kier molecular flexibility index (Phi) is 7.87. The van der Waals surface area contributed by atoms with Crippen LogP contribution in [0, 0.1) is 15.6 Å². The number of nitrogens with zero attached hydrogens (tertiary/aromatic N) is 3. The van der Waals surface area contributed by atoms with E-state index in [1.807, 2.05) is 0 Å². The van der Waals surface area contributed by atoms with E-state index >= 15 is 0 Å². The first-order chi connectivity index (χ1) is 16.0.